The van der Waals surface area contributed by atoms with E-state index in [1.807, 2.05) is 4.90 Å². The van der Waals surface area contributed by atoms with Crippen molar-refractivity contribution in [1.29, 1.82) is 0 Å². The van der Waals surface area contributed by atoms with Crippen LogP contribution in [0.3, 0.4) is 0 Å². The molecule has 2 saturated heterocycles. The third-order valence-electron chi connectivity index (χ3n) is 4.20. The Kier molecular flexibility index (Phi) is 4.40. The minimum atomic E-state index is -0.333. The van der Waals surface area contributed by atoms with Gasteiger partial charge in [0.2, 0.25) is 5.91 Å². The highest BCUT2D eigenvalue weighted by molar-refractivity contribution is 5.76. The van der Waals surface area contributed by atoms with Crippen LogP contribution in [-0.4, -0.2) is 48.2 Å². The van der Waals surface area contributed by atoms with E-state index in [1.165, 1.54) is 6.42 Å². The van der Waals surface area contributed by atoms with Crippen LogP contribution in [0.2, 0.25) is 0 Å². The van der Waals surface area contributed by atoms with Crippen molar-refractivity contribution >= 4 is 5.91 Å². The van der Waals surface area contributed by atoms with Crippen molar-refractivity contribution in [1.82, 2.24) is 10.2 Å². The molecule has 2 rings (SSSR count). The van der Waals surface area contributed by atoms with E-state index >= 15 is 0 Å². The van der Waals surface area contributed by atoms with E-state index in [-0.39, 0.29) is 12.0 Å². The number of nitrogens with zero attached hydrogens (tertiary/aromatic N) is 1. The predicted molar refractivity (Wildman–Crippen MR) is 66.6 cm³/mol. The van der Waals surface area contributed by atoms with E-state index in [4.69, 9.17) is 0 Å². The molecule has 0 spiro atoms. The minimum absolute atomic E-state index is 0.225. The summed E-state index contributed by atoms with van der Waals surface area (Å²) in [7, 11) is 0. The monoisotopic (exact) mass is 240 g/mol. The number of amides is 1. The predicted octanol–water partition coefficient (Wildman–Crippen LogP) is 0.605. The lowest BCUT2D eigenvalue weighted by Gasteiger charge is -2.34. The first-order valence-electron chi connectivity index (χ1n) is 6.83. The van der Waals surface area contributed by atoms with E-state index in [0.717, 1.165) is 32.5 Å². The van der Waals surface area contributed by atoms with Crippen molar-refractivity contribution in [2.75, 3.05) is 26.2 Å². The van der Waals surface area contributed by atoms with Crippen molar-refractivity contribution in [3.05, 3.63) is 0 Å². The molecule has 0 radical (unpaired) electrons. The second kappa shape index (κ2) is 5.83. The Labute approximate surface area is 103 Å². The van der Waals surface area contributed by atoms with Crippen LogP contribution in [0.15, 0.2) is 0 Å². The van der Waals surface area contributed by atoms with Crippen molar-refractivity contribution < 1.29 is 9.90 Å². The second-order valence-corrected chi connectivity index (χ2v) is 5.57. The van der Waals surface area contributed by atoms with Crippen LogP contribution < -0.4 is 5.32 Å². The molecule has 17 heavy (non-hydrogen) atoms. The quantitative estimate of drug-likeness (QED) is 0.760. The molecule has 0 aromatic rings. The molecule has 98 valence electrons. The first-order valence-corrected chi connectivity index (χ1v) is 6.83. The summed E-state index contributed by atoms with van der Waals surface area (Å²) in [5.41, 5.74) is 0. The van der Waals surface area contributed by atoms with Crippen LogP contribution in [0.4, 0.5) is 0 Å². The Hall–Kier alpha value is -0.610. The van der Waals surface area contributed by atoms with Crippen LogP contribution >= 0.6 is 0 Å². The van der Waals surface area contributed by atoms with Gasteiger partial charge in [0.1, 0.15) is 0 Å². The van der Waals surface area contributed by atoms with Crippen molar-refractivity contribution in [3.63, 3.8) is 0 Å². The molecule has 0 bridgehead atoms. The molecular formula is C13H24N2O2. The minimum Gasteiger partial charge on any atom is -0.391 e. The van der Waals surface area contributed by atoms with Gasteiger partial charge in [0.25, 0.3) is 0 Å². The molecule has 0 aliphatic carbocycles. The lowest BCUT2D eigenvalue weighted by Crippen LogP contribution is -2.45. The normalized spacial score (nSPS) is 34.0. The second-order valence-electron chi connectivity index (χ2n) is 5.57. The maximum absolute atomic E-state index is 12.0. The van der Waals surface area contributed by atoms with Crippen LogP contribution in [-0.2, 0) is 4.79 Å². The number of piperidine rings is 1. The number of hydrogen-bond donors (Lipinski definition) is 2. The Balaban J connectivity index is 1.72. The smallest absolute Gasteiger partial charge is 0.222 e. The van der Waals surface area contributed by atoms with Gasteiger partial charge in [0, 0.05) is 19.5 Å². The van der Waals surface area contributed by atoms with Crippen molar-refractivity contribution in [2.24, 2.45) is 11.8 Å². The van der Waals surface area contributed by atoms with Gasteiger partial charge in [-0.05, 0) is 44.2 Å². The summed E-state index contributed by atoms with van der Waals surface area (Å²) in [4.78, 5) is 13.8. The average Bonchev–Trinajstić information content (AvgIpc) is 2.82. The average molecular weight is 240 g/mol. The third kappa shape index (κ3) is 3.42. The number of hydrogen-bond acceptors (Lipinski definition) is 3. The van der Waals surface area contributed by atoms with Gasteiger partial charge >= 0.3 is 0 Å². The molecule has 2 N–H and O–H groups in total. The maximum atomic E-state index is 12.0. The number of aliphatic hydroxyl groups excluding tert-OH is 1. The number of carbonyl (C=O) groups is 1. The fraction of sp³-hybridized carbons (Fsp3) is 0.923. The first kappa shape index (κ1) is 12.8. The summed E-state index contributed by atoms with van der Waals surface area (Å²) in [6.45, 7) is 5.56. The summed E-state index contributed by atoms with van der Waals surface area (Å²) < 4.78 is 0. The van der Waals surface area contributed by atoms with Crippen molar-refractivity contribution in [2.45, 2.75) is 38.7 Å². The molecule has 0 saturated carbocycles. The van der Waals surface area contributed by atoms with E-state index in [1.54, 1.807) is 0 Å². The summed E-state index contributed by atoms with van der Waals surface area (Å²) in [5.74, 6) is 1.23. The molecule has 3 unspecified atom stereocenters. The molecule has 0 aromatic carbocycles. The lowest BCUT2D eigenvalue weighted by molar-refractivity contribution is -0.135. The standard InChI is InChI=1S/C13H24N2O2/c1-10-5-7-15(9-12(10)16)13(17)3-2-11-4-6-14-8-11/h10-12,14,16H,2-9H2,1H3. The van der Waals surface area contributed by atoms with Gasteiger partial charge in [0.05, 0.1) is 6.10 Å². The number of likely N-dealkylation sites (tertiary alicyclic amines) is 1. The van der Waals surface area contributed by atoms with Gasteiger partial charge in [-0.3, -0.25) is 4.79 Å². The summed E-state index contributed by atoms with van der Waals surface area (Å²) in [5, 5.41) is 13.1. The van der Waals surface area contributed by atoms with E-state index in [9.17, 15) is 9.90 Å². The van der Waals surface area contributed by atoms with Gasteiger partial charge in [-0.1, -0.05) is 6.92 Å². The highest BCUT2D eigenvalue weighted by Gasteiger charge is 2.27. The number of β-amino-alcohol motifs (C(OH)–C–C–N with tert-alkyl or cyclic N) is 1. The zero-order chi connectivity index (χ0) is 12.3. The number of nitrogens with one attached hydrogen (secondary N) is 1. The fourth-order valence-electron chi connectivity index (χ4n) is 2.72. The Morgan fingerprint density at radius 3 is 2.94 bits per heavy atom. The molecular weight excluding hydrogens is 216 g/mol. The molecule has 1 amide bonds. The van der Waals surface area contributed by atoms with Gasteiger partial charge in [-0.15, -0.1) is 0 Å². The summed E-state index contributed by atoms with van der Waals surface area (Å²) >= 11 is 0. The molecule has 0 aromatic heterocycles. The Morgan fingerprint density at radius 2 is 2.29 bits per heavy atom. The highest BCUT2D eigenvalue weighted by atomic mass is 16.3. The number of aliphatic hydroxyl groups is 1. The fourth-order valence-corrected chi connectivity index (χ4v) is 2.72. The van der Waals surface area contributed by atoms with Gasteiger partial charge in [-0.25, -0.2) is 0 Å². The largest absolute Gasteiger partial charge is 0.391 e. The zero-order valence-corrected chi connectivity index (χ0v) is 10.7. The Morgan fingerprint density at radius 1 is 1.47 bits per heavy atom. The SMILES string of the molecule is CC1CCN(C(=O)CCC2CCNC2)CC1O. The van der Waals surface area contributed by atoms with E-state index in [0.29, 0.717) is 24.8 Å². The third-order valence-corrected chi connectivity index (χ3v) is 4.20. The zero-order valence-electron chi connectivity index (χ0n) is 10.7. The molecule has 4 heteroatoms. The first-order chi connectivity index (χ1) is 8.16. The van der Waals surface area contributed by atoms with E-state index in [2.05, 4.69) is 12.2 Å². The highest BCUT2D eigenvalue weighted by Crippen LogP contribution is 2.20. The van der Waals surface area contributed by atoms with Crippen LogP contribution in [0.1, 0.15) is 32.6 Å². The van der Waals surface area contributed by atoms with Crippen LogP contribution in [0, 0.1) is 11.8 Å². The van der Waals surface area contributed by atoms with Crippen molar-refractivity contribution in [3.8, 4) is 0 Å². The molecule has 2 aliphatic rings. The maximum Gasteiger partial charge on any atom is 0.222 e. The van der Waals surface area contributed by atoms with Gasteiger partial charge in [0.15, 0.2) is 0 Å². The molecule has 3 atom stereocenters. The van der Waals surface area contributed by atoms with Gasteiger partial charge in [-0.2, -0.15) is 0 Å². The van der Waals surface area contributed by atoms with Crippen LogP contribution in [0.5, 0.6) is 0 Å². The summed E-state index contributed by atoms with van der Waals surface area (Å²) in [6, 6.07) is 0. The summed E-state index contributed by atoms with van der Waals surface area (Å²) in [6.07, 6.45) is 3.44. The lowest BCUT2D eigenvalue weighted by atomic mass is 9.95. The van der Waals surface area contributed by atoms with Gasteiger partial charge < -0.3 is 15.3 Å². The molecule has 2 heterocycles. The number of rotatable bonds is 3. The Bertz CT molecular complexity index is 264. The van der Waals surface area contributed by atoms with Crippen LogP contribution in [0.25, 0.3) is 0 Å². The molecule has 4 nitrogen and oxygen atoms in total. The molecule has 2 fully saturated rings. The number of carbonyl (C=O) groups excluding carboxylic acids is 1. The topological polar surface area (TPSA) is 52.6 Å². The molecule has 2 aliphatic heterocycles. The van der Waals surface area contributed by atoms with E-state index < -0.39 is 0 Å².